The van der Waals surface area contributed by atoms with Crippen LogP contribution in [-0.4, -0.2) is 0 Å². The molecule has 0 bridgehead atoms. The molecule has 0 aliphatic heterocycles. The first-order valence-corrected chi connectivity index (χ1v) is 23.5. The summed E-state index contributed by atoms with van der Waals surface area (Å²) in [6, 6.07) is 16.9. The SMILES string of the molecule is Cc1cc(C2=CC=CCC2)ccc1N(C1=CCC2C3=CCCC=C3C(C)(C)C2=C1)c1ccc(C2=CC3=C(CC2)C2=CC=CCC2C32C3=C(CCC=C3)C3CCC=CC32)cc1. The van der Waals surface area contributed by atoms with E-state index in [1.54, 1.807) is 44.6 Å². The first-order valence-electron chi connectivity index (χ1n) is 23.5. The third kappa shape index (κ3) is 5.29. The molecule has 2 aromatic carbocycles. The minimum absolute atomic E-state index is 0.0466. The van der Waals surface area contributed by atoms with Gasteiger partial charge in [0.2, 0.25) is 0 Å². The van der Waals surface area contributed by atoms with E-state index in [4.69, 9.17) is 0 Å². The van der Waals surface area contributed by atoms with Crippen LogP contribution in [0.2, 0.25) is 0 Å². The molecule has 0 N–H and O–H groups in total. The van der Waals surface area contributed by atoms with E-state index in [2.05, 4.69) is 159 Å². The predicted molar refractivity (Wildman–Crippen MR) is 252 cm³/mol. The molecular weight excluding hydrogens is 723 g/mol. The molecule has 12 rings (SSSR count). The monoisotopic (exact) mass is 781 g/mol. The lowest BCUT2D eigenvalue weighted by molar-refractivity contribution is 0.217. The van der Waals surface area contributed by atoms with Crippen LogP contribution < -0.4 is 4.90 Å². The zero-order valence-corrected chi connectivity index (χ0v) is 35.9. The van der Waals surface area contributed by atoms with Gasteiger partial charge in [0.25, 0.3) is 0 Å². The Balaban J connectivity index is 0.948. The zero-order valence-electron chi connectivity index (χ0n) is 35.9. The van der Waals surface area contributed by atoms with Gasteiger partial charge in [-0.1, -0.05) is 128 Å². The average molecular weight is 782 g/mol. The van der Waals surface area contributed by atoms with E-state index >= 15 is 0 Å². The van der Waals surface area contributed by atoms with Crippen molar-refractivity contribution < 1.29 is 0 Å². The first kappa shape index (κ1) is 36.7. The van der Waals surface area contributed by atoms with Crippen molar-refractivity contribution in [2.45, 2.75) is 97.8 Å². The molecule has 10 aliphatic rings. The number of rotatable bonds is 5. The number of anilines is 2. The van der Waals surface area contributed by atoms with Gasteiger partial charge in [0.05, 0.1) is 0 Å². The topological polar surface area (TPSA) is 3.24 Å². The van der Waals surface area contributed by atoms with Crippen LogP contribution in [0.15, 0.2) is 184 Å². The van der Waals surface area contributed by atoms with Crippen LogP contribution in [0, 0.1) is 41.4 Å². The van der Waals surface area contributed by atoms with E-state index in [0.29, 0.717) is 23.7 Å². The quantitative estimate of drug-likeness (QED) is 0.273. The highest BCUT2D eigenvalue weighted by Crippen LogP contribution is 2.71. The molecule has 60 heavy (non-hydrogen) atoms. The molecule has 1 nitrogen and oxygen atoms in total. The fourth-order valence-electron chi connectivity index (χ4n) is 14.0. The number of fused-ring (bicyclic) bond motifs is 11. The van der Waals surface area contributed by atoms with Crippen LogP contribution >= 0.6 is 0 Å². The van der Waals surface area contributed by atoms with Crippen LogP contribution in [0.25, 0.3) is 11.1 Å². The summed E-state index contributed by atoms with van der Waals surface area (Å²) in [7, 11) is 0. The Morgan fingerprint density at radius 2 is 1.53 bits per heavy atom. The molecule has 1 heteroatoms. The van der Waals surface area contributed by atoms with Gasteiger partial charge in [0, 0.05) is 39.7 Å². The molecule has 0 heterocycles. The summed E-state index contributed by atoms with van der Waals surface area (Å²) in [6.07, 6.45) is 51.3. The van der Waals surface area contributed by atoms with Crippen molar-refractivity contribution in [3.8, 4) is 0 Å². The van der Waals surface area contributed by atoms with Crippen molar-refractivity contribution in [2.24, 2.45) is 34.5 Å². The number of hydrogen-bond donors (Lipinski definition) is 0. The fourth-order valence-corrected chi connectivity index (χ4v) is 14.0. The highest BCUT2D eigenvalue weighted by Gasteiger charge is 2.62. The molecule has 0 amide bonds. The summed E-state index contributed by atoms with van der Waals surface area (Å²) in [6.45, 7) is 7.25. The number of nitrogens with zero attached hydrogens (tertiary/aromatic N) is 1. The molecule has 300 valence electrons. The summed E-state index contributed by atoms with van der Waals surface area (Å²) in [5, 5.41) is 0. The molecule has 1 spiro atoms. The average Bonchev–Trinajstić information content (AvgIpc) is 3.86. The first-order chi connectivity index (χ1) is 29.4. The second-order valence-corrected chi connectivity index (χ2v) is 19.8. The van der Waals surface area contributed by atoms with Crippen LogP contribution in [0.5, 0.6) is 0 Å². The fraction of sp³-hybridized carbons (Fsp3) is 0.356. The molecule has 2 aromatic rings. The normalized spacial score (nSPS) is 30.3. The van der Waals surface area contributed by atoms with Gasteiger partial charge < -0.3 is 4.90 Å². The van der Waals surface area contributed by atoms with Crippen molar-refractivity contribution in [1.29, 1.82) is 0 Å². The molecule has 1 fully saturated rings. The van der Waals surface area contributed by atoms with E-state index in [9.17, 15) is 0 Å². The molecule has 1 saturated carbocycles. The third-order valence-corrected chi connectivity index (χ3v) is 16.6. The van der Waals surface area contributed by atoms with Gasteiger partial charge >= 0.3 is 0 Å². The molecule has 5 unspecified atom stereocenters. The van der Waals surface area contributed by atoms with Gasteiger partial charge in [-0.2, -0.15) is 0 Å². The molecule has 0 aromatic heterocycles. The van der Waals surface area contributed by atoms with Gasteiger partial charge in [0.15, 0.2) is 0 Å². The van der Waals surface area contributed by atoms with Gasteiger partial charge in [-0.15, -0.1) is 0 Å². The Labute approximate surface area is 358 Å². The summed E-state index contributed by atoms with van der Waals surface area (Å²) < 4.78 is 0. The Morgan fingerprint density at radius 1 is 0.683 bits per heavy atom. The van der Waals surface area contributed by atoms with Crippen molar-refractivity contribution in [3.63, 3.8) is 0 Å². The second kappa shape index (κ2) is 14.0. The third-order valence-electron chi connectivity index (χ3n) is 16.6. The van der Waals surface area contributed by atoms with Gasteiger partial charge in [-0.05, 0) is 187 Å². The van der Waals surface area contributed by atoms with Gasteiger partial charge in [-0.3, -0.25) is 0 Å². The number of hydrogen-bond acceptors (Lipinski definition) is 1. The lowest BCUT2D eigenvalue weighted by Gasteiger charge is -2.44. The summed E-state index contributed by atoms with van der Waals surface area (Å²) >= 11 is 0. The highest BCUT2D eigenvalue weighted by molar-refractivity contribution is 5.81. The molecular formula is C59H59N. The molecule has 0 saturated heterocycles. The van der Waals surface area contributed by atoms with Crippen molar-refractivity contribution in [1.82, 2.24) is 0 Å². The van der Waals surface area contributed by atoms with Gasteiger partial charge in [-0.25, -0.2) is 0 Å². The van der Waals surface area contributed by atoms with Gasteiger partial charge in [0.1, 0.15) is 0 Å². The second-order valence-electron chi connectivity index (χ2n) is 19.8. The van der Waals surface area contributed by atoms with E-state index in [-0.39, 0.29) is 10.8 Å². The predicted octanol–water partition coefficient (Wildman–Crippen LogP) is 15.6. The van der Waals surface area contributed by atoms with Crippen LogP contribution in [0.3, 0.4) is 0 Å². The standard InChI is InChI=1S/C59H59N/c1-38-35-41(39-15-5-4-6-16-39)28-34-57(38)60(44-31-33-49-45-17-7-11-21-51(45)58(2,3)55(49)37-44)43-29-25-40(26-30-43)42-27-32-50-48-20-10-14-24-54(48)59(56(50)36-42)52-22-12-8-18-46(52)47-19-9-13-23-53(47)59/h4-5,10,12-15,17,20-23,25-26,28-31,34-37,46,49,52,54H,6-9,11,16,18-19,24,27,32-33H2,1-3H3. The Hall–Kier alpha value is -5.14. The Morgan fingerprint density at radius 3 is 2.40 bits per heavy atom. The van der Waals surface area contributed by atoms with E-state index in [0.717, 1.165) is 38.5 Å². The maximum Gasteiger partial charge on any atom is 0.0491 e. The van der Waals surface area contributed by atoms with Crippen molar-refractivity contribution in [2.75, 3.05) is 4.90 Å². The largest absolute Gasteiger partial charge is 0.311 e. The Bertz CT molecular complexity index is 2630. The minimum atomic E-state index is 0.0466. The lowest BCUT2D eigenvalue weighted by Crippen LogP contribution is -2.38. The molecule has 0 radical (unpaired) electrons. The maximum atomic E-state index is 2.71. The zero-order chi connectivity index (χ0) is 40.2. The molecule has 5 atom stereocenters. The highest BCUT2D eigenvalue weighted by atomic mass is 15.1. The number of aryl methyl sites for hydroxylation is 1. The number of allylic oxidation sites excluding steroid dienone is 25. The summed E-state index contributed by atoms with van der Waals surface area (Å²) in [5.74, 6) is 2.30. The van der Waals surface area contributed by atoms with Crippen LogP contribution in [-0.2, 0) is 0 Å². The van der Waals surface area contributed by atoms with Crippen molar-refractivity contribution in [3.05, 3.63) is 201 Å². The summed E-state index contributed by atoms with van der Waals surface area (Å²) in [5.41, 5.74) is 24.1. The summed E-state index contributed by atoms with van der Waals surface area (Å²) in [4.78, 5) is 2.57. The van der Waals surface area contributed by atoms with Crippen LogP contribution in [0.1, 0.15) is 108 Å². The maximum absolute atomic E-state index is 2.71. The van der Waals surface area contributed by atoms with Crippen LogP contribution in [0.4, 0.5) is 11.4 Å². The smallest absolute Gasteiger partial charge is 0.0491 e. The Kier molecular flexibility index (Phi) is 8.53. The van der Waals surface area contributed by atoms with E-state index in [1.807, 2.05) is 0 Å². The van der Waals surface area contributed by atoms with E-state index < -0.39 is 0 Å². The van der Waals surface area contributed by atoms with Crippen molar-refractivity contribution >= 4 is 22.5 Å². The number of benzene rings is 2. The lowest BCUT2D eigenvalue weighted by atomic mass is 9.58. The molecule has 10 aliphatic carbocycles. The van der Waals surface area contributed by atoms with E-state index in [1.165, 1.54) is 83.4 Å². The minimum Gasteiger partial charge on any atom is -0.311 e.